The van der Waals surface area contributed by atoms with Gasteiger partial charge in [0.2, 0.25) is 0 Å². The van der Waals surface area contributed by atoms with E-state index in [0.717, 1.165) is 18.7 Å². The third-order valence-corrected chi connectivity index (χ3v) is 4.43. The Labute approximate surface area is 149 Å². The van der Waals surface area contributed by atoms with Crippen molar-refractivity contribution < 1.29 is 4.92 Å². The molecule has 0 aliphatic heterocycles. The van der Waals surface area contributed by atoms with E-state index in [9.17, 15) is 10.1 Å². The molecule has 5 heteroatoms. The molecule has 0 fully saturated rings. The smallest absolute Gasteiger partial charge is 0.272 e. The van der Waals surface area contributed by atoms with Gasteiger partial charge in [-0.2, -0.15) is 0 Å². The maximum atomic E-state index is 11.0. The average molecular weight is 341 g/mol. The Morgan fingerprint density at radius 3 is 2.36 bits per heavy atom. The van der Waals surface area contributed by atoms with Gasteiger partial charge in [0.15, 0.2) is 0 Å². The molecule has 25 heavy (non-hydrogen) atoms. The minimum atomic E-state index is -0.326. The summed E-state index contributed by atoms with van der Waals surface area (Å²) in [6, 6.07) is 14.4. The lowest BCUT2D eigenvalue weighted by atomic mass is 10.1. The van der Waals surface area contributed by atoms with Crippen molar-refractivity contribution in [2.75, 3.05) is 7.05 Å². The molecule has 5 nitrogen and oxygen atoms in total. The molecule has 0 aromatic heterocycles. The van der Waals surface area contributed by atoms with Crippen molar-refractivity contribution in [3.05, 3.63) is 74.8 Å². The Morgan fingerprint density at radius 2 is 1.72 bits per heavy atom. The monoisotopic (exact) mass is 341 g/mol. The summed E-state index contributed by atoms with van der Waals surface area (Å²) in [5, 5.41) is 14.4. The maximum absolute atomic E-state index is 11.0. The van der Waals surface area contributed by atoms with Crippen LogP contribution < -0.4 is 5.32 Å². The number of nitrogens with one attached hydrogen (secondary N) is 1. The molecule has 0 heterocycles. The van der Waals surface area contributed by atoms with Gasteiger partial charge in [0.25, 0.3) is 5.69 Å². The quantitative estimate of drug-likeness (QED) is 0.582. The van der Waals surface area contributed by atoms with Gasteiger partial charge in [-0.05, 0) is 44.5 Å². The van der Waals surface area contributed by atoms with Gasteiger partial charge in [-0.15, -0.1) is 0 Å². The average Bonchev–Trinajstić information content (AvgIpc) is 2.56. The number of nitrogens with zero attached hydrogens (tertiary/aromatic N) is 2. The van der Waals surface area contributed by atoms with Crippen molar-refractivity contribution in [1.82, 2.24) is 10.2 Å². The van der Waals surface area contributed by atoms with Gasteiger partial charge in [0.05, 0.1) is 4.92 Å². The zero-order valence-electron chi connectivity index (χ0n) is 15.5. The number of benzene rings is 2. The Kier molecular flexibility index (Phi) is 6.67. The first-order chi connectivity index (χ1) is 11.9. The molecule has 2 rings (SSSR count). The molecule has 1 N–H and O–H groups in total. The lowest BCUT2D eigenvalue weighted by molar-refractivity contribution is -0.385. The van der Waals surface area contributed by atoms with Crippen LogP contribution >= 0.6 is 0 Å². The summed E-state index contributed by atoms with van der Waals surface area (Å²) < 4.78 is 0. The molecule has 0 bridgehead atoms. The van der Waals surface area contributed by atoms with Crippen LogP contribution in [0, 0.1) is 17.0 Å². The lowest BCUT2D eigenvalue weighted by Crippen LogP contribution is -2.25. The van der Waals surface area contributed by atoms with Crippen molar-refractivity contribution in [3.63, 3.8) is 0 Å². The summed E-state index contributed by atoms with van der Waals surface area (Å²) >= 11 is 0. The Morgan fingerprint density at radius 1 is 1.08 bits per heavy atom. The predicted molar refractivity (Wildman–Crippen MR) is 101 cm³/mol. The van der Waals surface area contributed by atoms with E-state index in [-0.39, 0.29) is 10.6 Å². The first kappa shape index (κ1) is 19.1. The molecule has 0 saturated heterocycles. The van der Waals surface area contributed by atoms with Crippen LogP contribution in [0.5, 0.6) is 0 Å². The number of nitro benzene ring substituents is 1. The summed E-state index contributed by atoms with van der Waals surface area (Å²) in [6.07, 6.45) is 0. The van der Waals surface area contributed by atoms with Gasteiger partial charge in [0.1, 0.15) is 0 Å². The highest BCUT2D eigenvalue weighted by Gasteiger charge is 2.10. The van der Waals surface area contributed by atoms with Crippen LogP contribution in [-0.4, -0.2) is 22.9 Å². The van der Waals surface area contributed by atoms with Crippen LogP contribution in [0.25, 0.3) is 0 Å². The molecule has 0 atom stereocenters. The standard InChI is InChI=1S/C20H27N3O2/c1-15(2)22(4)14-19-7-5-6-17(10-19)12-21-13-18-9-8-16(3)20(11-18)23(24)25/h5-11,15,21H,12-14H2,1-4H3. The Bertz CT molecular complexity index is 729. The second-order valence-corrected chi connectivity index (χ2v) is 6.81. The van der Waals surface area contributed by atoms with E-state index in [0.29, 0.717) is 18.2 Å². The van der Waals surface area contributed by atoms with Crippen molar-refractivity contribution in [2.45, 2.75) is 46.4 Å². The number of rotatable bonds is 8. The second-order valence-electron chi connectivity index (χ2n) is 6.81. The van der Waals surface area contributed by atoms with Crippen LogP contribution in [0.1, 0.15) is 36.1 Å². The number of aryl methyl sites for hydroxylation is 1. The molecular weight excluding hydrogens is 314 g/mol. The molecule has 0 amide bonds. The van der Waals surface area contributed by atoms with Crippen molar-refractivity contribution in [3.8, 4) is 0 Å². The summed E-state index contributed by atoms with van der Waals surface area (Å²) in [5.74, 6) is 0. The van der Waals surface area contributed by atoms with Gasteiger partial charge < -0.3 is 5.32 Å². The molecule has 2 aromatic rings. The largest absolute Gasteiger partial charge is 0.309 e. The molecule has 0 spiro atoms. The molecular formula is C20H27N3O2. The van der Waals surface area contributed by atoms with Gasteiger partial charge in [-0.1, -0.05) is 36.4 Å². The van der Waals surface area contributed by atoms with E-state index in [1.165, 1.54) is 11.1 Å². The molecule has 0 saturated carbocycles. The van der Waals surface area contributed by atoms with Crippen molar-refractivity contribution >= 4 is 5.69 Å². The van der Waals surface area contributed by atoms with Crippen LogP contribution in [0.15, 0.2) is 42.5 Å². The predicted octanol–water partition coefficient (Wildman–Crippen LogP) is 4.03. The summed E-state index contributed by atoms with van der Waals surface area (Å²) in [4.78, 5) is 13.0. The minimum Gasteiger partial charge on any atom is -0.309 e. The number of hydrogen-bond donors (Lipinski definition) is 1. The first-order valence-corrected chi connectivity index (χ1v) is 8.59. The van der Waals surface area contributed by atoms with Gasteiger partial charge in [0, 0.05) is 37.3 Å². The van der Waals surface area contributed by atoms with Gasteiger partial charge >= 0.3 is 0 Å². The van der Waals surface area contributed by atoms with E-state index in [1.54, 1.807) is 19.1 Å². The third-order valence-electron chi connectivity index (χ3n) is 4.43. The van der Waals surface area contributed by atoms with E-state index in [4.69, 9.17) is 0 Å². The van der Waals surface area contributed by atoms with Crippen LogP contribution in [0.3, 0.4) is 0 Å². The van der Waals surface area contributed by atoms with E-state index < -0.39 is 0 Å². The molecule has 0 aliphatic carbocycles. The minimum absolute atomic E-state index is 0.179. The normalized spacial score (nSPS) is 11.3. The van der Waals surface area contributed by atoms with Crippen molar-refractivity contribution in [2.24, 2.45) is 0 Å². The van der Waals surface area contributed by atoms with Crippen LogP contribution in [0.2, 0.25) is 0 Å². The second kappa shape index (κ2) is 8.74. The number of hydrogen-bond acceptors (Lipinski definition) is 4. The third kappa shape index (κ3) is 5.66. The summed E-state index contributed by atoms with van der Waals surface area (Å²) in [6.45, 7) is 8.40. The summed E-state index contributed by atoms with van der Waals surface area (Å²) in [5.41, 5.74) is 4.31. The topological polar surface area (TPSA) is 58.4 Å². The highest BCUT2D eigenvalue weighted by Crippen LogP contribution is 2.19. The molecule has 0 radical (unpaired) electrons. The highest BCUT2D eigenvalue weighted by atomic mass is 16.6. The number of nitro groups is 1. The zero-order valence-corrected chi connectivity index (χ0v) is 15.5. The zero-order chi connectivity index (χ0) is 18.4. The fourth-order valence-electron chi connectivity index (χ4n) is 2.62. The van der Waals surface area contributed by atoms with Crippen LogP contribution in [-0.2, 0) is 19.6 Å². The van der Waals surface area contributed by atoms with Gasteiger partial charge in [-0.3, -0.25) is 15.0 Å². The SMILES string of the molecule is Cc1ccc(CNCc2cccc(CN(C)C(C)C)c2)cc1[N+](=O)[O-]. The Hall–Kier alpha value is -2.24. The first-order valence-electron chi connectivity index (χ1n) is 8.59. The summed E-state index contributed by atoms with van der Waals surface area (Å²) in [7, 11) is 2.12. The van der Waals surface area contributed by atoms with Gasteiger partial charge in [-0.25, -0.2) is 0 Å². The van der Waals surface area contributed by atoms with Crippen LogP contribution in [0.4, 0.5) is 5.69 Å². The fourth-order valence-corrected chi connectivity index (χ4v) is 2.62. The molecule has 0 aliphatic rings. The highest BCUT2D eigenvalue weighted by molar-refractivity contribution is 5.42. The molecule has 2 aromatic carbocycles. The van der Waals surface area contributed by atoms with Crippen molar-refractivity contribution in [1.29, 1.82) is 0 Å². The van der Waals surface area contributed by atoms with E-state index >= 15 is 0 Å². The molecule has 0 unspecified atom stereocenters. The van der Waals surface area contributed by atoms with E-state index in [2.05, 4.69) is 55.4 Å². The fraction of sp³-hybridized carbons (Fsp3) is 0.400. The Balaban J connectivity index is 1.94. The van der Waals surface area contributed by atoms with E-state index in [1.807, 2.05) is 6.07 Å². The maximum Gasteiger partial charge on any atom is 0.272 e. The lowest BCUT2D eigenvalue weighted by Gasteiger charge is -2.21. The molecule has 134 valence electrons.